The minimum absolute atomic E-state index is 0. The molecule has 0 fully saturated rings. The zero-order chi connectivity index (χ0) is 28.3. The summed E-state index contributed by atoms with van der Waals surface area (Å²) in [6.07, 6.45) is 7.23. The molecule has 1 N–H and O–H groups in total. The van der Waals surface area contributed by atoms with Crippen LogP contribution in [0.3, 0.4) is 0 Å². The molecule has 2 aromatic carbocycles. The number of nitrogens with zero attached hydrogens (tertiary/aromatic N) is 2. The van der Waals surface area contributed by atoms with Gasteiger partial charge in [-0.25, -0.2) is 21.4 Å². The van der Waals surface area contributed by atoms with Crippen LogP contribution in [-0.4, -0.2) is 67.5 Å². The van der Waals surface area contributed by atoms with Crippen molar-refractivity contribution in [3.8, 4) is 5.75 Å². The average molecular weight is 583 g/mol. The molecule has 9 nitrogen and oxygen atoms in total. The fourth-order valence-electron chi connectivity index (χ4n) is 4.49. The van der Waals surface area contributed by atoms with Crippen molar-refractivity contribution in [3.63, 3.8) is 0 Å². The van der Waals surface area contributed by atoms with Gasteiger partial charge in [0, 0.05) is 36.5 Å². The second kappa shape index (κ2) is 13.4. The molecule has 0 amide bonds. The summed E-state index contributed by atoms with van der Waals surface area (Å²) in [6, 6.07) is 8.52. The van der Waals surface area contributed by atoms with Crippen molar-refractivity contribution >= 4 is 37.2 Å². The summed E-state index contributed by atoms with van der Waals surface area (Å²) in [6.45, 7) is 11.2. The Bertz CT molecular complexity index is 1530. The molecule has 0 heterocycles. The molecular formula is C27H31N2NaO7S2. The predicted molar refractivity (Wildman–Crippen MR) is 145 cm³/mol. The number of anilines is 1. The van der Waals surface area contributed by atoms with Crippen LogP contribution in [0.25, 0.3) is 5.57 Å². The molecule has 3 rings (SSSR count). The average Bonchev–Trinajstić information content (AvgIpc) is 2.86. The molecule has 12 heteroatoms. The van der Waals surface area contributed by atoms with Gasteiger partial charge in [-0.15, -0.1) is 0 Å². The summed E-state index contributed by atoms with van der Waals surface area (Å²) in [4.78, 5) is 0.0272. The Kier molecular flexibility index (Phi) is 11.3. The van der Waals surface area contributed by atoms with E-state index >= 15 is 0 Å². The van der Waals surface area contributed by atoms with E-state index in [-0.39, 0.29) is 40.7 Å². The smallest absolute Gasteiger partial charge is 0.744 e. The summed E-state index contributed by atoms with van der Waals surface area (Å²) < 4.78 is 73.9. The van der Waals surface area contributed by atoms with Crippen molar-refractivity contribution in [1.82, 2.24) is 0 Å². The second-order valence-corrected chi connectivity index (χ2v) is 11.2. The van der Waals surface area contributed by atoms with Crippen LogP contribution in [0, 0.1) is 0 Å². The van der Waals surface area contributed by atoms with Gasteiger partial charge in [-0.3, -0.25) is 0 Å². The zero-order valence-corrected chi connectivity index (χ0v) is 26.3. The Hall–Kier alpha value is -2.25. The van der Waals surface area contributed by atoms with Gasteiger partial charge >= 0.3 is 29.6 Å². The van der Waals surface area contributed by atoms with E-state index in [1.54, 1.807) is 24.3 Å². The maximum atomic E-state index is 12.3. The van der Waals surface area contributed by atoms with Crippen LogP contribution >= 0.6 is 0 Å². The first-order valence-corrected chi connectivity index (χ1v) is 15.0. The normalized spacial score (nSPS) is 13.3. The molecule has 0 saturated carbocycles. The minimum atomic E-state index is -5.25. The SMILES string of the molecule is CCN(CC)c1ccc(C(=C2C=CC(=[N+](CC)CC)C=C2)c2cc(O)c(S(=O)(=O)[O-])cc2S(=O)(=O)[O-])cc1.[Na+]. The molecule has 0 unspecified atom stereocenters. The molecule has 1 aliphatic rings. The predicted octanol–water partition coefficient (Wildman–Crippen LogP) is 0.472. The van der Waals surface area contributed by atoms with Gasteiger partial charge in [-0.2, -0.15) is 0 Å². The van der Waals surface area contributed by atoms with Gasteiger partial charge in [0.25, 0.3) is 0 Å². The van der Waals surface area contributed by atoms with E-state index in [1.165, 1.54) is 0 Å². The Labute approximate surface area is 252 Å². The van der Waals surface area contributed by atoms with Gasteiger partial charge in [-0.05, 0) is 80.8 Å². The molecule has 0 atom stereocenters. The Balaban J connectivity index is 0.00000533. The molecule has 39 heavy (non-hydrogen) atoms. The van der Waals surface area contributed by atoms with Crippen molar-refractivity contribution in [2.75, 3.05) is 31.1 Å². The van der Waals surface area contributed by atoms with Crippen LogP contribution in [0.4, 0.5) is 5.69 Å². The van der Waals surface area contributed by atoms with Crippen molar-refractivity contribution < 1.29 is 65.2 Å². The standard InChI is InChI=1S/C27H32N2O7S2.Na/c1-5-28(6-2)21-13-9-19(10-14-21)27(20-11-15-22(16-12-20)29(7-3)8-4)23-17-24(30)26(38(34,35)36)18-25(23)37(31,32)33;/h9-18H,5-8H2,1-4H3,(H2-,30,31,32,33,34,35,36);/q;+1/p-1. The third-order valence-electron chi connectivity index (χ3n) is 6.44. The number of allylic oxidation sites excluding steroid dienone is 5. The van der Waals surface area contributed by atoms with Crippen LogP contribution < -0.4 is 34.5 Å². The molecule has 1 aliphatic carbocycles. The molecule has 0 radical (unpaired) electrons. The van der Waals surface area contributed by atoms with Crippen LogP contribution in [-0.2, 0) is 20.2 Å². The summed E-state index contributed by atoms with van der Waals surface area (Å²) in [5, 5.41) is 10.4. The third-order valence-corrected chi connectivity index (χ3v) is 8.18. The number of rotatable bonds is 9. The molecule has 0 aliphatic heterocycles. The summed E-state index contributed by atoms with van der Waals surface area (Å²) in [5.74, 6) is -0.945. The van der Waals surface area contributed by atoms with Crippen LogP contribution in [0.1, 0.15) is 38.8 Å². The molecular weight excluding hydrogens is 551 g/mol. The number of hydrogen-bond acceptors (Lipinski definition) is 8. The van der Waals surface area contributed by atoms with Crippen molar-refractivity contribution in [3.05, 3.63) is 77.4 Å². The van der Waals surface area contributed by atoms with Crippen LogP contribution in [0.15, 0.2) is 76.1 Å². The molecule has 0 aromatic heterocycles. The first kappa shape index (κ1) is 33.0. The van der Waals surface area contributed by atoms with Gasteiger partial charge in [0.2, 0.25) is 0 Å². The van der Waals surface area contributed by atoms with Gasteiger partial charge in [-0.1, -0.05) is 12.1 Å². The number of hydrogen-bond donors (Lipinski definition) is 1. The summed E-state index contributed by atoms with van der Waals surface area (Å²) >= 11 is 0. The van der Waals surface area contributed by atoms with Gasteiger partial charge in [0.15, 0.2) is 5.71 Å². The maximum absolute atomic E-state index is 12.3. The summed E-state index contributed by atoms with van der Waals surface area (Å²) in [7, 11) is -10.5. The van der Waals surface area contributed by atoms with E-state index in [4.69, 9.17) is 0 Å². The Morgan fingerprint density at radius 1 is 0.821 bits per heavy atom. The first-order chi connectivity index (χ1) is 17.8. The Morgan fingerprint density at radius 2 is 1.33 bits per heavy atom. The zero-order valence-electron chi connectivity index (χ0n) is 22.7. The van der Waals surface area contributed by atoms with Crippen LogP contribution in [0.5, 0.6) is 5.75 Å². The third kappa shape index (κ3) is 7.49. The van der Waals surface area contributed by atoms with E-state index < -0.39 is 35.8 Å². The van der Waals surface area contributed by atoms with Crippen molar-refractivity contribution in [2.24, 2.45) is 0 Å². The number of aromatic hydroxyl groups is 1. The first-order valence-electron chi connectivity index (χ1n) is 12.2. The molecule has 0 spiro atoms. The largest absolute Gasteiger partial charge is 1.00 e. The molecule has 0 bridgehead atoms. The van der Waals surface area contributed by atoms with E-state index in [9.17, 15) is 31.0 Å². The number of phenolic OH excluding ortho intramolecular Hbond substituents is 1. The number of phenols is 1. The minimum Gasteiger partial charge on any atom is -0.744 e. The second-order valence-electron chi connectivity index (χ2n) is 8.54. The van der Waals surface area contributed by atoms with Gasteiger partial charge in [0.1, 0.15) is 39.1 Å². The molecule has 2 aromatic rings. The van der Waals surface area contributed by atoms with Gasteiger partial charge in [0.05, 0.1) is 9.79 Å². The van der Waals surface area contributed by atoms with Crippen LogP contribution in [0.2, 0.25) is 0 Å². The Morgan fingerprint density at radius 3 is 1.77 bits per heavy atom. The van der Waals surface area contributed by atoms with Crippen molar-refractivity contribution in [1.29, 1.82) is 0 Å². The van der Waals surface area contributed by atoms with E-state index in [0.717, 1.165) is 43.6 Å². The number of benzene rings is 2. The van der Waals surface area contributed by atoms with E-state index in [0.29, 0.717) is 17.2 Å². The fourth-order valence-corrected chi connectivity index (χ4v) is 5.83. The maximum Gasteiger partial charge on any atom is 1.00 e. The van der Waals surface area contributed by atoms with Gasteiger partial charge < -0.3 is 19.1 Å². The van der Waals surface area contributed by atoms with E-state index in [2.05, 4.69) is 9.48 Å². The summed E-state index contributed by atoms with van der Waals surface area (Å²) in [5.41, 5.74) is 2.99. The molecule has 0 saturated heterocycles. The quantitative estimate of drug-likeness (QED) is 0.256. The van der Waals surface area contributed by atoms with Crippen molar-refractivity contribution in [2.45, 2.75) is 37.5 Å². The molecule has 204 valence electrons. The van der Waals surface area contributed by atoms with E-state index in [1.807, 2.05) is 52.0 Å². The monoisotopic (exact) mass is 582 g/mol. The fraction of sp³-hybridized carbons (Fsp3) is 0.296. The topological polar surface area (TPSA) is 141 Å².